The average molecular weight is 310 g/mol. The molecule has 0 atom stereocenters. The maximum Gasteiger partial charge on any atom is 0.237 e. The molecule has 0 aromatic carbocycles. The Balaban J connectivity index is 3.71. The summed E-state index contributed by atoms with van der Waals surface area (Å²) in [5.74, 6) is -3.77. The molecule has 22 heavy (non-hydrogen) atoms. The van der Waals surface area contributed by atoms with E-state index < -0.39 is 23.2 Å². The summed E-state index contributed by atoms with van der Waals surface area (Å²) in [5.41, 5.74) is 0.0317. The zero-order chi connectivity index (χ0) is 17.0. The summed E-state index contributed by atoms with van der Waals surface area (Å²) in [5, 5.41) is 0. The summed E-state index contributed by atoms with van der Waals surface area (Å²) in [7, 11) is 1.27. The number of carbonyl (C=O) groups is 2. The molecule has 0 amide bonds. The third kappa shape index (κ3) is 3.08. The molecule has 1 aliphatic rings. The van der Waals surface area contributed by atoms with Gasteiger partial charge in [0.25, 0.3) is 0 Å². The predicted molar refractivity (Wildman–Crippen MR) is 80.3 cm³/mol. The fraction of sp³-hybridized carbons (Fsp3) is 0.412. The second kappa shape index (κ2) is 7.29. The van der Waals surface area contributed by atoms with E-state index in [1.165, 1.54) is 27.0 Å². The molecule has 120 valence electrons. The van der Waals surface area contributed by atoms with Crippen LogP contribution in [0.15, 0.2) is 45.8 Å². The van der Waals surface area contributed by atoms with E-state index in [0.29, 0.717) is 24.0 Å². The van der Waals surface area contributed by atoms with Gasteiger partial charge in [0.1, 0.15) is 11.6 Å². The van der Waals surface area contributed by atoms with Gasteiger partial charge in [-0.1, -0.05) is 13.8 Å². The molecule has 0 saturated heterocycles. The lowest BCUT2D eigenvalue weighted by Crippen LogP contribution is -2.27. The van der Waals surface area contributed by atoms with Gasteiger partial charge in [0.2, 0.25) is 11.6 Å². The summed E-state index contributed by atoms with van der Waals surface area (Å²) in [6, 6.07) is 0. The van der Waals surface area contributed by atoms with Crippen molar-refractivity contribution >= 4 is 11.6 Å². The van der Waals surface area contributed by atoms with Crippen LogP contribution in [0.1, 0.15) is 40.5 Å². The second-order valence-corrected chi connectivity index (χ2v) is 4.90. The molecular formula is C17H20F2O3. The van der Waals surface area contributed by atoms with E-state index in [-0.39, 0.29) is 16.9 Å². The number of ketones is 2. The average Bonchev–Trinajstić information content (AvgIpc) is 2.49. The quantitative estimate of drug-likeness (QED) is 0.432. The van der Waals surface area contributed by atoms with Crippen LogP contribution in [-0.4, -0.2) is 18.7 Å². The molecule has 3 nitrogen and oxygen atoms in total. The van der Waals surface area contributed by atoms with Crippen molar-refractivity contribution in [2.45, 2.75) is 40.5 Å². The van der Waals surface area contributed by atoms with Crippen LogP contribution < -0.4 is 0 Å². The first-order chi connectivity index (χ1) is 10.3. The molecule has 0 spiro atoms. The molecule has 0 saturated carbocycles. The van der Waals surface area contributed by atoms with E-state index in [4.69, 9.17) is 4.74 Å². The molecule has 0 heterocycles. The topological polar surface area (TPSA) is 43.4 Å². The van der Waals surface area contributed by atoms with Gasteiger partial charge in [-0.2, -0.15) is 0 Å². The minimum Gasteiger partial charge on any atom is -0.498 e. The third-order valence-corrected chi connectivity index (χ3v) is 3.60. The van der Waals surface area contributed by atoms with Crippen molar-refractivity contribution in [3.8, 4) is 0 Å². The van der Waals surface area contributed by atoms with Crippen LogP contribution in [0.25, 0.3) is 0 Å². The Morgan fingerprint density at radius 1 is 1.14 bits per heavy atom. The Bertz CT molecular complexity index is 634. The predicted octanol–water partition coefficient (Wildman–Crippen LogP) is 4.27. The number of halogens is 2. The van der Waals surface area contributed by atoms with Gasteiger partial charge in [-0.3, -0.25) is 9.59 Å². The Kier molecular flexibility index (Phi) is 5.97. The van der Waals surface area contributed by atoms with Gasteiger partial charge in [-0.25, -0.2) is 8.78 Å². The van der Waals surface area contributed by atoms with Gasteiger partial charge in [0.15, 0.2) is 5.83 Å². The molecule has 1 aliphatic carbocycles. The molecule has 0 fully saturated rings. The van der Waals surface area contributed by atoms with Crippen molar-refractivity contribution in [2.75, 3.05) is 7.11 Å². The first-order valence-corrected chi connectivity index (χ1v) is 7.11. The van der Waals surface area contributed by atoms with Crippen LogP contribution in [0.2, 0.25) is 0 Å². The standard InChI is InChI=1S/C17H20F2O3/c1-6-8-12(18)13-9(3)11(7-2)14(17(21)16(13)20)15(19)10(4)22-5/h8H,6-7H2,1-5H3/b12-8+,15-10-. The van der Waals surface area contributed by atoms with Gasteiger partial charge < -0.3 is 4.74 Å². The van der Waals surface area contributed by atoms with Crippen molar-refractivity contribution in [3.05, 3.63) is 45.8 Å². The number of rotatable bonds is 5. The van der Waals surface area contributed by atoms with Crippen molar-refractivity contribution in [3.63, 3.8) is 0 Å². The fourth-order valence-electron chi connectivity index (χ4n) is 2.38. The zero-order valence-corrected chi connectivity index (χ0v) is 13.5. The van der Waals surface area contributed by atoms with E-state index in [1.54, 1.807) is 13.8 Å². The summed E-state index contributed by atoms with van der Waals surface area (Å²) in [4.78, 5) is 24.4. The van der Waals surface area contributed by atoms with E-state index in [9.17, 15) is 18.4 Å². The number of ether oxygens (including phenoxy) is 1. The summed E-state index contributed by atoms with van der Waals surface area (Å²) < 4.78 is 33.3. The van der Waals surface area contributed by atoms with Crippen LogP contribution in [-0.2, 0) is 14.3 Å². The Hall–Kier alpha value is -2.04. The van der Waals surface area contributed by atoms with Gasteiger partial charge in [-0.05, 0) is 43.9 Å². The van der Waals surface area contributed by atoms with Crippen molar-refractivity contribution in [2.24, 2.45) is 0 Å². The Labute approximate surface area is 129 Å². The first-order valence-electron chi connectivity index (χ1n) is 7.11. The molecule has 0 aliphatic heterocycles. The lowest BCUT2D eigenvalue weighted by atomic mass is 9.82. The minimum atomic E-state index is -1.04. The SMILES string of the molecule is CC/C=C(/F)C1=C(C)C(CC)=C(/C(F)=C(\C)OC)C(=O)C1=O. The van der Waals surface area contributed by atoms with E-state index in [0.717, 1.165) is 0 Å². The van der Waals surface area contributed by atoms with Crippen LogP contribution in [0.4, 0.5) is 8.78 Å². The summed E-state index contributed by atoms with van der Waals surface area (Å²) in [6.07, 6.45) is 1.92. The summed E-state index contributed by atoms with van der Waals surface area (Å²) in [6.45, 7) is 6.32. The van der Waals surface area contributed by atoms with Crippen molar-refractivity contribution in [1.29, 1.82) is 0 Å². The first kappa shape index (κ1) is 18.0. The molecule has 0 aromatic heterocycles. The molecule has 5 heteroatoms. The largest absolute Gasteiger partial charge is 0.498 e. The molecule has 0 N–H and O–H groups in total. The van der Waals surface area contributed by atoms with Gasteiger partial charge in [-0.15, -0.1) is 0 Å². The molecule has 0 bridgehead atoms. The highest BCUT2D eigenvalue weighted by molar-refractivity contribution is 6.52. The number of hydrogen-bond donors (Lipinski definition) is 0. The zero-order valence-electron chi connectivity index (χ0n) is 13.5. The monoisotopic (exact) mass is 310 g/mol. The molecule has 0 unspecified atom stereocenters. The fourth-order valence-corrected chi connectivity index (χ4v) is 2.38. The van der Waals surface area contributed by atoms with Gasteiger partial charge in [0.05, 0.1) is 18.3 Å². The highest BCUT2D eigenvalue weighted by Crippen LogP contribution is 2.36. The molecule has 0 radical (unpaired) electrons. The number of Topliss-reactive ketones (excluding diaryl/α,β-unsaturated/α-hetero) is 2. The molecule has 1 rings (SSSR count). The third-order valence-electron chi connectivity index (χ3n) is 3.60. The maximum atomic E-state index is 14.4. The second-order valence-electron chi connectivity index (χ2n) is 4.90. The number of allylic oxidation sites excluding steroid dienone is 8. The van der Waals surface area contributed by atoms with Crippen LogP contribution in [0.5, 0.6) is 0 Å². The normalized spacial score (nSPS) is 18.0. The lowest BCUT2D eigenvalue weighted by molar-refractivity contribution is -0.132. The molecule has 0 aromatic rings. The smallest absolute Gasteiger partial charge is 0.237 e. The Morgan fingerprint density at radius 2 is 1.68 bits per heavy atom. The number of methoxy groups -OCH3 is 1. The molecular weight excluding hydrogens is 290 g/mol. The van der Waals surface area contributed by atoms with Crippen LogP contribution in [0.3, 0.4) is 0 Å². The van der Waals surface area contributed by atoms with Crippen LogP contribution >= 0.6 is 0 Å². The highest BCUT2D eigenvalue weighted by Gasteiger charge is 2.37. The highest BCUT2D eigenvalue weighted by atomic mass is 19.1. The van der Waals surface area contributed by atoms with Crippen molar-refractivity contribution < 1.29 is 23.1 Å². The Morgan fingerprint density at radius 3 is 2.14 bits per heavy atom. The number of carbonyl (C=O) groups excluding carboxylic acids is 2. The van der Waals surface area contributed by atoms with Gasteiger partial charge in [0, 0.05) is 0 Å². The summed E-state index contributed by atoms with van der Waals surface area (Å²) >= 11 is 0. The van der Waals surface area contributed by atoms with E-state index >= 15 is 0 Å². The van der Waals surface area contributed by atoms with E-state index in [1.807, 2.05) is 0 Å². The van der Waals surface area contributed by atoms with Crippen LogP contribution in [0, 0.1) is 0 Å². The maximum absolute atomic E-state index is 14.4. The van der Waals surface area contributed by atoms with E-state index in [2.05, 4.69) is 0 Å². The minimum absolute atomic E-state index is 0.0945. The van der Waals surface area contributed by atoms with Gasteiger partial charge >= 0.3 is 0 Å². The number of hydrogen-bond acceptors (Lipinski definition) is 3. The lowest BCUT2D eigenvalue weighted by Gasteiger charge is -2.21. The van der Waals surface area contributed by atoms with Crippen molar-refractivity contribution in [1.82, 2.24) is 0 Å².